The highest BCUT2D eigenvalue weighted by Gasteiger charge is 2.15. The largest absolute Gasteiger partial charge is 0.493 e. The summed E-state index contributed by atoms with van der Waals surface area (Å²) in [6.45, 7) is 1.88. The molecule has 2 aromatic rings. The molecule has 0 aliphatic carbocycles. The first-order valence-electron chi connectivity index (χ1n) is 5.69. The summed E-state index contributed by atoms with van der Waals surface area (Å²) in [4.78, 5) is 8.70. The summed E-state index contributed by atoms with van der Waals surface area (Å²) in [6.07, 6.45) is 0. The Balaban J connectivity index is 2.62. The van der Waals surface area contributed by atoms with Crippen molar-refractivity contribution in [2.75, 3.05) is 20.0 Å². The predicted molar refractivity (Wildman–Crippen MR) is 87.4 cm³/mol. The van der Waals surface area contributed by atoms with Gasteiger partial charge in [-0.1, -0.05) is 11.6 Å². The van der Waals surface area contributed by atoms with Crippen LogP contribution in [0.3, 0.4) is 0 Å². The molecule has 0 saturated carbocycles. The second-order valence-corrected chi connectivity index (χ2v) is 5.51. The zero-order valence-corrected chi connectivity index (χ0v) is 14.1. The Morgan fingerprint density at radius 3 is 2.45 bits per heavy atom. The molecule has 0 radical (unpaired) electrons. The average molecular weight is 406 g/mol. The van der Waals surface area contributed by atoms with E-state index in [0.29, 0.717) is 28.2 Å². The lowest BCUT2D eigenvalue weighted by molar-refractivity contribution is 0.355. The lowest BCUT2D eigenvalue weighted by Gasteiger charge is -2.12. The molecule has 2 N–H and O–H groups in total. The third-order valence-corrected chi connectivity index (χ3v) is 4.35. The minimum atomic E-state index is 0.431. The first-order valence-corrected chi connectivity index (χ1v) is 7.15. The number of halogens is 2. The number of hydrogen-bond donors (Lipinski definition) is 1. The zero-order valence-electron chi connectivity index (χ0n) is 11.2. The van der Waals surface area contributed by atoms with Crippen LogP contribution in [0.4, 0.5) is 5.82 Å². The van der Waals surface area contributed by atoms with Gasteiger partial charge in [0, 0.05) is 5.56 Å². The highest BCUT2D eigenvalue weighted by Crippen LogP contribution is 2.38. The number of aryl methyl sites for hydroxylation is 1. The lowest BCUT2D eigenvalue weighted by atomic mass is 10.2. The van der Waals surface area contributed by atoms with Gasteiger partial charge in [-0.15, -0.1) is 0 Å². The van der Waals surface area contributed by atoms with Crippen molar-refractivity contribution < 1.29 is 9.47 Å². The van der Waals surface area contributed by atoms with Crippen LogP contribution in [-0.4, -0.2) is 24.2 Å². The topological polar surface area (TPSA) is 70.3 Å². The Kier molecular flexibility index (Phi) is 4.54. The summed E-state index contributed by atoms with van der Waals surface area (Å²) in [6, 6.07) is 3.50. The normalized spacial score (nSPS) is 10.4. The molecule has 0 aliphatic rings. The van der Waals surface area contributed by atoms with Crippen molar-refractivity contribution in [2.24, 2.45) is 0 Å². The SMILES string of the molecule is COc1cc(-c2nc(C)c(I)c(N)n2)cc(Cl)c1OC. The van der Waals surface area contributed by atoms with Crippen molar-refractivity contribution in [1.82, 2.24) is 9.97 Å². The number of nitrogens with two attached hydrogens (primary N) is 1. The van der Waals surface area contributed by atoms with Gasteiger partial charge < -0.3 is 15.2 Å². The van der Waals surface area contributed by atoms with E-state index < -0.39 is 0 Å². The third-order valence-electron chi connectivity index (χ3n) is 2.73. The number of benzene rings is 1. The molecule has 0 aliphatic heterocycles. The van der Waals surface area contributed by atoms with Crippen LogP contribution in [0.15, 0.2) is 12.1 Å². The molecule has 0 unspecified atom stereocenters. The molecule has 2 rings (SSSR count). The monoisotopic (exact) mass is 405 g/mol. The molecule has 7 heteroatoms. The van der Waals surface area contributed by atoms with Gasteiger partial charge in [-0.3, -0.25) is 0 Å². The van der Waals surface area contributed by atoms with Crippen molar-refractivity contribution in [3.05, 3.63) is 26.4 Å². The number of hydrogen-bond acceptors (Lipinski definition) is 5. The van der Waals surface area contributed by atoms with Gasteiger partial charge in [0.25, 0.3) is 0 Å². The molecule has 106 valence electrons. The van der Waals surface area contributed by atoms with Gasteiger partial charge >= 0.3 is 0 Å². The standard InChI is InChI=1S/C13H13ClIN3O2/c1-6-10(15)12(16)18-13(17-6)7-4-8(14)11(20-3)9(5-7)19-2/h4-5H,1-3H3,(H2,16,17,18). The van der Waals surface area contributed by atoms with E-state index in [1.807, 2.05) is 6.92 Å². The maximum absolute atomic E-state index is 6.18. The first-order chi connectivity index (χ1) is 9.47. The summed E-state index contributed by atoms with van der Waals surface area (Å²) in [5, 5.41) is 0.431. The van der Waals surface area contributed by atoms with Crippen molar-refractivity contribution in [3.63, 3.8) is 0 Å². The van der Waals surface area contributed by atoms with E-state index >= 15 is 0 Å². The fraction of sp³-hybridized carbons (Fsp3) is 0.231. The Hall–Kier alpha value is -1.28. The van der Waals surface area contributed by atoms with Gasteiger partial charge in [0.15, 0.2) is 17.3 Å². The van der Waals surface area contributed by atoms with Gasteiger partial charge in [-0.25, -0.2) is 9.97 Å². The first kappa shape index (κ1) is 15.1. The van der Waals surface area contributed by atoms with Crippen LogP contribution >= 0.6 is 34.2 Å². The average Bonchev–Trinajstić information content (AvgIpc) is 2.43. The van der Waals surface area contributed by atoms with E-state index in [-0.39, 0.29) is 0 Å². The molecule has 0 saturated heterocycles. The van der Waals surface area contributed by atoms with Crippen molar-refractivity contribution in [1.29, 1.82) is 0 Å². The molecular weight excluding hydrogens is 393 g/mol. The Morgan fingerprint density at radius 1 is 1.20 bits per heavy atom. The van der Waals surface area contributed by atoms with Gasteiger partial charge in [0.2, 0.25) is 0 Å². The van der Waals surface area contributed by atoms with E-state index in [1.165, 1.54) is 7.11 Å². The Morgan fingerprint density at radius 2 is 1.90 bits per heavy atom. The lowest BCUT2D eigenvalue weighted by Crippen LogP contribution is -2.02. The summed E-state index contributed by atoms with van der Waals surface area (Å²) in [5.41, 5.74) is 7.42. The molecule has 0 atom stereocenters. The number of rotatable bonds is 3. The van der Waals surface area contributed by atoms with E-state index in [2.05, 4.69) is 32.6 Å². The van der Waals surface area contributed by atoms with Gasteiger partial charge in [0.1, 0.15) is 5.82 Å². The number of methoxy groups -OCH3 is 2. The number of anilines is 1. The molecule has 0 amide bonds. The van der Waals surface area contributed by atoms with Crippen LogP contribution in [0.1, 0.15) is 5.69 Å². The minimum Gasteiger partial charge on any atom is -0.493 e. The van der Waals surface area contributed by atoms with Crippen LogP contribution in [0.5, 0.6) is 11.5 Å². The highest BCUT2D eigenvalue weighted by molar-refractivity contribution is 14.1. The van der Waals surface area contributed by atoms with E-state index in [0.717, 1.165) is 14.8 Å². The summed E-state index contributed by atoms with van der Waals surface area (Å²) < 4.78 is 11.3. The maximum atomic E-state index is 6.18. The smallest absolute Gasteiger partial charge is 0.179 e. The molecule has 5 nitrogen and oxygen atoms in total. The van der Waals surface area contributed by atoms with Gasteiger partial charge in [-0.2, -0.15) is 0 Å². The van der Waals surface area contributed by atoms with Crippen LogP contribution in [0.25, 0.3) is 11.4 Å². The second-order valence-electron chi connectivity index (χ2n) is 4.03. The highest BCUT2D eigenvalue weighted by atomic mass is 127. The molecular formula is C13H13ClIN3O2. The van der Waals surface area contributed by atoms with Gasteiger partial charge in [0.05, 0.1) is 28.5 Å². The Labute approximate surface area is 135 Å². The quantitative estimate of drug-likeness (QED) is 0.794. The van der Waals surface area contributed by atoms with Crippen LogP contribution in [0.2, 0.25) is 5.02 Å². The molecule has 0 fully saturated rings. The fourth-order valence-electron chi connectivity index (χ4n) is 1.76. The number of aromatic nitrogens is 2. The van der Waals surface area contributed by atoms with Crippen LogP contribution in [-0.2, 0) is 0 Å². The van der Waals surface area contributed by atoms with Crippen LogP contribution in [0, 0.1) is 10.5 Å². The van der Waals surface area contributed by atoms with E-state index in [4.69, 9.17) is 26.8 Å². The van der Waals surface area contributed by atoms with E-state index in [9.17, 15) is 0 Å². The number of nitrogens with zero attached hydrogens (tertiary/aromatic N) is 2. The van der Waals surface area contributed by atoms with Crippen molar-refractivity contribution >= 4 is 40.0 Å². The molecule has 1 heterocycles. The van der Waals surface area contributed by atoms with Crippen LogP contribution < -0.4 is 15.2 Å². The summed E-state index contributed by atoms with van der Waals surface area (Å²) in [7, 11) is 3.08. The Bertz CT molecular complexity index is 641. The maximum Gasteiger partial charge on any atom is 0.179 e. The number of nitrogen functional groups attached to an aromatic ring is 1. The molecule has 1 aromatic carbocycles. The molecule has 0 bridgehead atoms. The predicted octanol–water partition coefficient (Wildman–Crippen LogP) is 3.31. The minimum absolute atomic E-state index is 0.431. The van der Waals surface area contributed by atoms with Gasteiger partial charge in [-0.05, 0) is 41.6 Å². The summed E-state index contributed by atoms with van der Waals surface area (Å²) >= 11 is 8.30. The van der Waals surface area contributed by atoms with Crippen molar-refractivity contribution in [3.8, 4) is 22.9 Å². The second kappa shape index (κ2) is 6.01. The number of ether oxygens (including phenoxy) is 2. The molecule has 0 spiro atoms. The fourth-order valence-corrected chi connectivity index (χ4v) is 2.29. The van der Waals surface area contributed by atoms with E-state index in [1.54, 1.807) is 19.2 Å². The summed E-state index contributed by atoms with van der Waals surface area (Å²) in [5.74, 6) is 1.95. The van der Waals surface area contributed by atoms with Crippen molar-refractivity contribution in [2.45, 2.75) is 6.92 Å². The molecule has 1 aromatic heterocycles. The third kappa shape index (κ3) is 2.76. The zero-order chi connectivity index (χ0) is 14.9. The molecule has 20 heavy (non-hydrogen) atoms.